The first-order valence-corrected chi connectivity index (χ1v) is 6.49. The van der Waals surface area contributed by atoms with Crippen LogP contribution in [0.4, 0.5) is 0 Å². The highest BCUT2D eigenvalue weighted by Gasteiger charge is 2.42. The smallest absolute Gasteiger partial charge is 0.308 e. The van der Waals surface area contributed by atoms with Crippen LogP contribution in [0.15, 0.2) is 0 Å². The van der Waals surface area contributed by atoms with Gasteiger partial charge in [0, 0.05) is 13.1 Å². The van der Waals surface area contributed by atoms with E-state index < -0.39 is 5.60 Å². The molecule has 1 spiro atoms. The number of morpholine rings is 1. The minimum absolute atomic E-state index is 0.0188. The molecule has 1 atom stereocenters. The Morgan fingerprint density at radius 3 is 2.71 bits per heavy atom. The van der Waals surface area contributed by atoms with Crippen molar-refractivity contribution >= 4 is 5.97 Å². The predicted molar refractivity (Wildman–Crippen MR) is 64.8 cm³/mol. The number of esters is 1. The fourth-order valence-corrected chi connectivity index (χ4v) is 2.45. The van der Waals surface area contributed by atoms with Crippen LogP contribution in [-0.4, -0.2) is 36.4 Å². The standard InChI is InChI=1S/C13H23NO3/c1-12(2,3)17-11(15)7-10-8-14-9-13(16-10)5-4-6-13/h10,14H,4-9H2,1-3H3. The first-order chi connectivity index (χ1) is 7.89. The fourth-order valence-electron chi connectivity index (χ4n) is 2.45. The van der Waals surface area contributed by atoms with Gasteiger partial charge in [-0.15, -0.1) is 0 Å². The molecular weight excluding hydrogens is 218 g/mol. The molecule has 1 aliphatic heterocycles. The first kappa shape index (κ1) is 12.8. The van der Waals surface area contributed by atoms with Crippen LogP contribution in [0, 0.1) is 0 Å². The van der Waals surface area contributed by atoms with E-state index in [1.807, 2.05) is 20.8 Å². The quantitative estimate of drug-likeness (QED) is 0.746. The molecule has 1 unspecified atom stereocenters. The Balaban J connectivity index is 1.80. The Bertz CT molecular complexity index is 292. The van der Waals surface area contributed by atoms with E-state index in [-0.39, 0.29) is 17.7 Å². The van der Waals surface area contributed by atoms with Gasteiger partial charge in [0.05, 0.1) is 18.1 Å². The molecule has 1 heterocycles. The van der Waals surface area contributed by atoms with Gasteiger partial charge in [-0.3, -0.25) is 4.79 Å². The van der Waals surface area contributed by atoms with Gasteiger partial charge in [0.25, 0.3) is 0 Å². The maximum Gasteiger partial charge on any atom is 0.308 e. The summed E-state index contributed by atoms with van der Waals surface area (Å²) in [5, 5.41) is 3.36. The summed E-state index contributed by atoms with van der Waals surface area (Å²) in [6.07, 6.45) is 3.79. The van der Waals surface area contributed by atoms with Gasteiger partial charge in [-0.05, 0) is 40.0 Å². The van der Waals surface area contributed by atoms with Crippen LogP contribution in [0.1, 0.15) is 46.5 Å². The molecule has 4 nitrogen and oxygen atoms in total. The average molecular weight is 241 g/mol. The summed E-state index contributed by atoms with van der Waals surface area (Å²) in [4.78, 5) is 11.7. The highest BCUT2D eigenvalue weighted by Crippen LogP contribution is 2.38. The van der Waals surface area contributed by atoms with E-state index in [2.05, 4.69) is 5.32 Å². The molecule has 1 aliphatic carbocycles. The predicted octanol–water partition coefficient (Wildman–Crippen LogP) is 1.63. The summed E-state index contributed by atoms with van der Waals surface area (Å²) < 4.78 is 11.3. The topological polar surface area (TPSA) is 47.6 Å². The third kappa shape index (κ3) is 3.42. The molecule has 2 rings (SSSR count). The van der Waals surface area contributed by atoms with Crippen molar-refractivity contribution in [1.29, 1.82) is 0 Å². The number of nitrogens with one attached hydrogen (secondary N) is 1. The molecule has 98 valence electrons. The molecule has 2 fully saturated rings. The Labute approximate surface area is 103 Å². The van der Waals surface area contributed by atoms with Crippen molar-refractivity contribution in [3.8, 4) is 0 Å². The van der Waals surface area contributed by atoms with Gasteiger partial charge in [-0.25, -0.2) is 0 Å². The number of carbonyl (C=O) groups excluding carboxylic acids is 1. The van der Waals surface area contributed by atoms with Crippen molar-refractivity contribution in [3.63, 3.8) is 0 Å². The second-order valence-corrected chi connectivity index (χ2v) is 6.20. The Hall–Kier alpha value is -0.610. The monoisotopic (exact) mass is 241 g/mol. The van der Waals surface area contributed by atoms with E-state index in [4.69, 9.17) is 9.47 Å². The highest BCUT2D eigenvalue weighted by molar-refractivity contribution is 5.70. The maximum atomic E-state index is 11.7. The second kappa shape index (κ2) is 4.58. The van der Waals surface area contributed by atoms with Crippen LogP contribution in [0.2, 0.25) is 0 Å². The van der Waals surface area contributed by atoms with E-state index in [1.165, 1.54) is 6.42 Å². The lowest BCUT2D eigenvalue weighted by atomic mass is 9.79. The first-order valence-electron chi connectivity index (χ1n) is 6.49. The summed E-state index contributed by atoms with van der Waals surface area (Å²) in [5.41, 5.74) is -0.391. The minimum Gasteiger partial charge on any atom is -0.460 e. The third-order valence-corrected chi connectivity index (χ3v) is 3.31. The van der Waals surface area contributed by atoms with Gasteiger partial charge in [0.15, 0.2) is 0 Å². The van der Waals surface area contributed by atoms with E-state index in [1.54, 1.807) is 0 Å². The van der Waals surface area contributed by atoms with Crippen LogP contribution in [0.25, 0.3) is 0 Å². The van der Waals surface area contributed by atoms with Crippen LogP contribution in [-0.2, 0) is 14.3 Å². The molecule has 17 heavy (non-hydrogen) atoms. The number of hydrogen-bond donors (Lipinski definition) is 1. The third-order valence-electron chi connectivity index (χ3n) is 3.31. The highest BCUT2D eigenvalue weighted by atomic mass is 16.6. The van der Waals surface area contributed by atoms with E-state index >= 15 is 0 Å². The van der Waals surface area contributed by atoms with Crippen molar-refractivity contribution in [2.75, 3.05) is 13.1 Å². The van der Waals surface area contributed by atoms with Crippen LogP contribution < -0.4 is 5.32 Å². The summed E-state index contributed by atoms with van der Waals surface area (Å²) in [6.45, 7) is 7.34. The van der Waals surface area contributed by atoms with Gasteiger partial charge in [-0.1, -0.05) is 0 Å². The molecule has 0 radical (unpaired) electrons. The molecule has 0 aromatic heterocycles. The molecule has 4 heteroatoms. The normalized spacial score (nSPS) is 27.6. The summed E-state index contributed by atoms with van der Waals surface area (Å²) in [6, 6.07) is 0. The van der Waals surface area contributed by atoms with Crippen molar-refractivity contribution in [3.05, 3.63) is 0 Å². The van der Waals surface area contributed by atoms with Gasteiger partial charge < -0.3 is 14.8 Å². The van der Waals surface area contributed by atoms with E-state index in [0.29, 0.717) is 6.42 Å². The van der Waals surface area contributed by atoms with Gasteiger partial charge in [-0.2, -0.15) is 0 Å². The largest absolute Gasteiger partial charge is 0.460 e. The van der Waals surface area contributed by atoms with Crippen LogP contribution in [0.5, 0.6) is 0 Å². The fraction of sp³-hybridized carbons (Fsp3) is 0.923. The number of rotatable bonds is 2. The lowest BCUT2D eigenvalue weighted by Crippen LogP contribution is -2.57. The Morgan fingerprint density at radius 2 is 2.18 bits per heavy atom. The summed E-state index contributed by atoms with van der Waals surface area (Å²) in [5.74, 6) is -0.166. The molecular formula is C13H23NO3. The van der Waals surface area contributed by atoms with Crippen LogP contribution >= 0.6 is 0 Å². The molecule has 2 aliphatic rings. The number of carbonyl (C=O) groups is 1. The Kier molecular flexibility index (Phi) is 3.46. The van der Waals surface area contributed by atoms with E-state index in [0.717, 1.165) is 25.9 Å². The van der Waals surface area contributed by atoms with Gasteiger partial charge in [0.1, 0.15) is 5.60 Å². The molecule has 0 bridgehead atoms. The number of hydrogen-bond acceptors (Lipinski definition) is 4. The second-order valence-electron chi connectivity index (χ2n) is 6.20. The lowest BCUT2D eigenvalue weighted by molar-refractivity contribution is -0.177. The minimum atomic E-state index is -0.409. The van der Waals surface area contributed by atoms with E-state index in [9.17, 15) is 4.79 Å². The maximum absolute atomic E-state index is 11.7. The zero-order valence-electron chi connectivity index (χ0n) is 11.0. The zero-order valence-corrected chi connectivity index (χ0v) is 11.0. The Morgan fingerprint density at radius 1 is 1.47 bits per heavy atom. The summed E-state index contributed by atoms with van der Waals surface area (Å²) >= 11 is 0. The molecule has 1 N–H and O–H groups in total. The van der Waals surface area contributed by atoms with Gasteiger partial charge in [0.2, 0.25) is 0 Å². The lowest BCUT2D eigenvalue weighted by Gasteiger charge is -2.47. The molecule has 1 saturated carbocycles. The van der Waals surface area contributed by atoms with Crippen molar-refractivity contribution in [2.24, 2.45) is 0 Å². The van der Waals surface area contributed by atoms with Crippen molar-refractivity contribution in [2.45, 2.75) is 63.8 Å². The SMILES string of the molecule is CC(C)(C)OC(=O)CC1CNCC2(CCC2)O1. The van der Waals surface area contributed by atoms with Crippen LogP contribution in [0.3, 0.4) is 0 Å². The molecule has 1 saturated heterocycles. The average Bonchev–Trinajstić information content (AvgIpc) is 2.12. The molecule has 0 aromatic rings. The van der Waals surface area contributed by atoms with Gasteiger partial charge >= 0.3 is 5.97 Å². The molecule has 0 aromatic carbocycles. The number of ether oxygens (including phenoxy) is 2. The van der Waals surface area contributed by atoms with Crippen molar-refractivity contribution < 1.29 is 14.3 Å². The molecule has 0 amide bonds. The summed E-state index contributed by atoms with van der Waals surface area (Å²) in [7, 11) is 0. The van der Waals surface area contributed by atoms with Crippen molar-refractivity contribution in [1.82, 2.24) is 5.32 Å². The zero-order chi connectivity index (χ0) is 12.5.